The maximum atomic E-state index is 8.79. The van der Waals surface area contributed by atoms with Crippen LogP contribution in [0.2, 0.25) is 0 Å². The molecule has 1 aromatic rings. The summed E-state index contributed by atoms with van der Waals surface area (Å²) in [4.78, 5) is 2.32. The summed E-state index contributed by atoms with van der Waals surface area (Å²) in [7, 11) is 2.13. The summed E-state index contributed by atoms with van der Waals surface area (Å²) in [5.74, 6) is 0.784. The van der Waals surface area contributed by atoms with E-state index >= 15 is 0 Å². The summed E-state index contributed by atoms with van der Waals surface area (Å²) in [5.41, 5.74) is 1.01. The van der Waals surface area contributed by atoms with E-state index in [4.69, 9.17) is 9.63 Å². The van der Waals surface area contributed by atoms with E-state index in [9.17, 15) is 0 Å². The molecule has 1 aliphatic heterocycles. The monoisotopic (exact) mass is 210 g/mol. The Labute approximate surface area is 89.9 Å². The molecule has 0 saturated carbocycles. The third kappa shape index (κ3) is 2.38. The highest BCUT2D eigenvalue weighted by molar-refractivity contribution is 5.11. The third-order valence-corrected chi connectivity index (χ3v) is 3.05. The Bertz CT molecular complexity index is 311. The van der Waals surface area contributed by atoms with Crippen LogP contribution in [0, 0.1) is 0 Å². The molecule has 15 heavy (non-hydrogen) atoms. The van der Waals surface area contributed by atoms with Crippen molar-refractivity contribution in [2.75, 3.05) is 20.2 Å². The molecular weight excluding hydrogens is 192 g/mol. The zero-order valence-electron chi connectivity index (χ0n) is 9.15. The quantitative estimate of drug-likeness (QED) is 0.818. The van der Waals surface area contributed by atoms with Gasteiger partial charge in [0.2, 0.25) is 0 Å². The second-order valence-electron chi connectivity index (χ2n) is 4.18. The van der Waals surface area contributed by atoms with Crippen LogP contribution in [0.25, 0.3) is 0 Å². The minimum atomic E-state index is 0.120. The molecule has 1 saturated heterocycles. The first-order valence-corrected chi connectivity index (χ1v) is 5.58. The summed E-state index contributed by atoms with van der Waals surface area (Å²) in [6, 6.07) is 2.37. The van der Waals surface area contributed by atoms with Gasteiger partial charge in [-0.25, -0.2) is 0 Å². The number of likely N-dealkylation sites (tertiary alicyclic amines) is 1. The average molecular weight is 210 g/mol. The predicted molar refractivity (Wildman–Crippen MR) is 56.5 cm³/mol. The van der Waals surface area contributed by atoms with E-state index in [0.717, 1.165) is 24.4 Å². The fourth-order valence-corrected chi connectivity index (χ4v) is 2.16. The Morgan fingerprint density at radius 1 is 1.60 bits per heavy atom. The SMILES string of the molecule is CN1CCCCC1c1cc(CCO)on1. The van der Waals surface area contributed by atoms with E-state index in [1.54, 1.807) is 0 Å². The molecule has 0 amide bonds. The van der Waals surface area contributed by atoms with Gasteiger partial charge in [0.25, 0.3) is 0 Å². The second-order valence-corrected chi connectivity index (χ2v) is 4.18. The lowest BCUT2D eigenvalue weighted by molar-refractivity contribution is 0.178. The highest BCUT2D eigenvalue weighted by atomic mass is 16.5. The van der Waals surface area contributed by atoms with Gasteiger partial charge in [-0.2, -0.15) is 0 Å². The lowest BCUT2D eigenvalue weighted by Crippen LogP contribution is -2.29. The van der Waals surface area contributed by atoms with Crippen molar-refractivity contribution < 1.29 is 9.63 Å². The second kappa shape index (κ2) is 4.77. The minimum absolute atomic E-state index is 0.120. The van der Waals surface area contributed by atoms with Crippen molar-refractivity contribution in [2.45, 2.75) is 31.7 Å². The van der Waals surface area contributed by atoms with Gasteiger partial charge in [0.15, 0.2) is 0 Å². The van der Waals surface area contributed by atoms with Crippen molar-refractivity contribution in [1.82, 2.24) is 10.1 Å². The molecule has 0 bridgehead atoms. The first-order chi connectivity index (χ1) is 7.31. The number of nitrogens with zero attached hydrogens (tertiary/aromatic N) is 2. The molecule has 84 valence electrons. The molecule has 0 radical (unpaired) electrons. The minimum Gasteiger partial charge on any atom is -0.396 e. The molecule has 2 heterocycles. The number of hydrogen-bond donors (Lipinski definition) is 1. The van der Waals surface area contributed by atoms with Gasteiger partial charge in [-0.05, 0) is 26.4 Å². The van der Waals surface area contributed by atoms with Crippen LogP contribution < -0.4 is 0 Å². The largest absolute Gasteiger partial charge is 0.396 e. The van der Waals surface area contributed by atoms with E-state index in [1.807, 2.05) is 6.07 Å². The number of rotatable bonds is 3. The zero-order valence-corrected chi connectivity index (χ0v) is 9.15. The summed E-state index contributed by atoms with van der Waals surface area (Å²) in [6.07, 6.45) is 4.25. The van der Waals surface area contributed by atoms with Crippen molar-refractivity contribution >= 4 is 0 Å². The van der Waals surface area contributed by atoms with Crippen molar-refractivity contribution in [2.24, 2.45) is 0 Å². The van der Waals surface area contributed by atoms with Crippen molar-refractivity contribution in [3.63, 3.8) is 0 Å². The van der Waals surface area contributed by atoms with Gasteiger partial charge >= 0.3 is 0 Å². The Morgan fingerprint density at radius 2 is 2.47 bits per heavy atom. The lowest BCUT2D eigenvalue weighted by atomic mass is 10.00. The van der Waals surface area contributed by atoms with E-state index in [2.05, 4.69) is 17.1 Å². The normalized spacial score (nSPS) is 23.2. The van der Waals surface area contributed by atoms with E-state index in [-0.39, 0.29) is 6.61 Å². The number of aliphatic hydroxyl groups is 1. The first kappa shape index (κ1) is 10.6. The van der Waals surface area contributed by atoms with Gasteiger partial charge in [-0.15, -0.1) is 0 Å². The lowest BCUT2D eigenvalue weighted by Gasteiger charge is -2.30. The molecule has 2 rings (SSSR count). The molecular formula is C11H18N2O2. The van der Waals surface area contributed by atoms with Crippen LogP contribution in [0.4, 0.5) is 0 Å². The smallest absolute Gasteiger partial charge is 0.139 e. The fraction of sp³-hybridized carbons (Fsp3) is 0.727. The van der Waals surface area contributed by atoms with Crippen molar-refractivity contribution in [1.29, 1.82) is 0 Å². The van der Waals surface area contributed by atoms with Crippen LogP contribution in [0.15, 0.2) is 10.6 Å². The summed E-state index contributed by atoms with van der Waals surface area (Å²) in [5, 5.41) is 12.9. The Balaban J connectivity index is 2.06. The molecule has 0 aliphatic carbocycles. The first-order valence-electron chi connectivity index (χ1n) is 5.58. The Hall–Kier alpha value is -0.870. The molecule has 4 nitrogen and oxygen atoms in total. The molecule has 1 aliphatic rings. The molecule has 1 atom stereocenters. The molecule has 1 unspecified atom stereocenters. The zero-order chi connectivity index (χ0) is 10.7. The van der Waals surface area contributed by atoms with Gasteiger partial charge < -0.3 is 9.63 Å². The number of aliphatic hydroxyl groups excluding tert-OH is 1. The third-order valence-electron chi connectivity index (χ3n) is 3.05. The van der Waals surface area contributed by atoms with Gasteiger partial charge in [0.1, 0.15) is 11.5 Å². The van der Waals surface area contributed by atoms with Crippen LogP contribution in [0.5, 0.6) is 0 Å². The Kier molecular flexibility index (Phi) is 3.38. The topological polar surface area (TPSA) is 49.5 Å². The molecule has 0 spiro atoms. The molecule has 1 N–H and O–H groups in total. The van der Waals surface area contributed by atoms with Crippen LogP contribution in [0.1, 0.15) is 36.8 Å². The standard InChI is InChI=1S/C11H18N2O2/c1-13-6-3-2-4-11(13)10-8-9(5-7-14)15-12-10/h8,11,14H,2-7H2,1H3. The Morgan fingerprint density at radius 3 is 3.20 bits per heavy atom. The maximum Gasteiger partial charge on any atom is 0.139 e. The van der Waals surface area contributed by atoms with Gasteiger partial charge in [0, 0.05) is 12.5 Å². The van der Waals surface area contributed by atoms with Crippen LogP contribution in [-0.2, 0) is 6.42 Å². The molecule has 0 aromatic carbocycles. The van der Waals surface area contributed by atoms with Crippen molar-refractivity contribution in [3.05, 3.63) is 17.5 Å². The highest BCUT2D eigenvalue weighted by Crippen LogP contribution is 2.28. The van der Waals surface area contributed by atoms with Crippen LogP contribution in [0.3, 0.4) is 0 Å². The van der Waals surface area contributed by atoms with Crippen LogP contribution >= 0.6 is 0 Å². The summed E-state index contributed by atoms with van der Waals surface area (Å²) < 4.78 is 5.17. The molecule has 4 heteroatoms. The maximum absolute atomic E-state index is 8.79. The van der Waals surface area contributed by atoms with E-state index in [0.29, 0.717) is 12.5 Å². The van der Waals surface area contributed by atoms with E-state index < -0.39 is 0 Å². The summed E-state index contributed by atoms with van der Waals surface area (Å²) >= 11 is 0. The average Bonchev–Trinajstić information content (AvgIpc) is 2.68. The number of hydrogen-bond acceptors (Lipinski definition) is 4. The fourth-order valence-electron chi connectivity index (χ4n) is 2.16. The summed E-state index contributed by atoms with van der Waals surface area (Å²) in [6.45, 7) is 1.25. The molecule has 1 fully saturated rings. The van der Waals surface area contributed by atoms with Crippen molar-refractivity contribution in [3.8, 4) is 0 Å². The van der Waals surface area contributed by atoms with E-state index in [1.165, 1.54) is 12.8 Å². The van der Waals surface area contributed by atoms with Gasteiger partial charge in [0.05, 0.1) is 12.6 Å². The molecule has 1 aromatic heterocycles. The predicted octanol–water partition coefficient (Wildman–Crippen LogP) is 1.37. The van der Waals surface area contributed by atoms with Gasteiger partial charge in [-0.3, -0.25) is 4.90 Å². The van der Waals surface area contributed by atoms with Crippen LogP contribution in [-0.4, -0.2) is 35.4 Å². The van der Waals surface area contributed by atoms with Gasteiger partial charge in [-0.1, -0.05) is 11.6 Å². The number of piperidine rings is 1. The highest BCUT2D eigenvalue weighted by Gasteiger charge is 2.23. The number of aromatic nitrogens is 1.